The predicted octanol–water partition coefficient (Wildman–Crippen LogP) is 4.05. The summed E-state index contributed by atoms with van der Waals surface area (Å²) in [6.07, 6.45) is 0. The summed E-state index contributed by atoms with van der Waals surface area (Å²) in [7, 11) is 0. The minimum atomic E-state index is -0.630. The monoisotopic (exact) mass is 397 g/mol. The number of hydrogen-bond donors (Lipinski definition) is 3. The van der Waals surface area contributed by atoms with E-state index >= 15 is 0 Å². The number of benzene rings is 3. The highest BCUT2D eigenvalue weighted by atomic mass is 16.2. The van der Waals surface area contributed by atoms with Gasteiger partial charge in [0.25, 0.3) is 10.9 Å². The first kappa shape index (κ1) is 19.6. The third-order valence-electron chi connectivity index (χ3n) is 5.29. The molecule has 0 aliphatic carbocycles. The van der Waals surface area contributed by atoms with Crippen LogP contribution in [0.4, 0.5) is 17.1 Å². The van der Waals surface area contributed by atoms with Crippen molar-refractivity contribution in [1.82, 2.24) is 5.32 Å². The van der Waals surface area contributed by atoms with Gasteiger partial charge in [0.1, 0.15) is 11.4 Å². The van der Waals surface area contributed by atoms with Crippen molar-refractivity contribution in [2.45, 2.75) is 19.0 Å². The van der Waals surface area contributed by atoms with Crippen LogP contribution in [0.15, 0.2) is 94.5 Å². The zero-order valence-electron chi connectivity index (χ0n) is 16.6. The zero-order valence-corrected chi connectivity index (χ0v) is 16.6. The molecule has 150 valence electrons. The molecule has 0 amide bonds. The van der Waals surface area contributed by atoms with Gasteiger partial charge in [0.15, 0.2) is 0 Å². The lowest BCUT2D eigenvalue weighted by molar-refractivity contribution is 0.516. The SMILES string of the molecule is C[C@@H](NC(c1ccccc1)c1cccc(Nc2c(N)c(=O)c2=O)c1)c1ccccc1. The first-order valence-corrected chi connectivity index (χ1v) is 9.86. The van der Waals surface area contributed by atoms with Gasteiger partial charge >= 0.3 is 0 Å². The van der Waals surface area contributed by atoms with Gasteiger partial charge in [0.05, 0.1) is 6.04 Å². The van der Waals surface area contributed by atoms with E-state index in [9.17, 15) is 9.59 Å². The molecule has 5 heteroatoms. The Morgan fingerprint density at radius 2 is 1.33 bits per heavy atom. The number of anilines is 3. The van der Waals surface area contributed by atoms with Gasteiger partial charge in [0, 0.05) is 11.7 Å². The van der Waals surface area contributed by atoms with Gasteiger partial charge in [-0.1, -0.05) is 72.8 Å². The summed E-state index contributed by atoms with van der Waals surface area (Å²) in [6.45, 7) is 2.14. The molecule has 0 radical (unpaired) electrons. The lowest BCUT2D eigenvalue weighted by Gasteiger charge is -2.25. The maximum Gasteiger partial charge on any atom is 0.253 e. The molecule has 0 fully saturated rings. The van der Waals surface area contributed by atoms with E-state index in [2.05, 4.69) is 41.8 Å². The summed E-state index contributed by atoms with van der Waals surface area (Å²) in [5.41, 5.74) is 8.68. The van der Waals surface area contributed by atoms with Crippen LogP contribution >= 0.6 is 0 Å². The van der Waals surface area contributed by atoms with Gasteiger partial charge in [-0.25, -0.2) is 0 Å². The van der Waals surface area contributed by atoms with Crippen molar-refractivity contribution in [3.05, 3.63) is 122 Å². The molecule has 0 spiro atoms. The van der Waals surface area contributed by atoms with Crippen LogP contribution in [0.1, 0.15) is 35.7 Å². The molecule has 4 aromatic rings. The Bertz CT molecular complexity index is 1210. The molecule has 5 nitrogen and oxygen atoms in total. The summed E-state index contributed by atoms with van der Waals surface area (Å²) < 4.78 is 0. The Balaban J connectivity index is 1.66. The summed E-state index contributed by atoms with van der Waals surface area (Å²) in [6, 6.07) is 28.3. The standard InChI is InChI=1S/C25H23N3O2/c1-16(17-9-4-2-5-10-17)27-22(18-11-6-3-7-12-18)19-13-8-14-20(15-19)28-23-21(26)24(29)25(23)30/h2-16,22,27-28H,26H2,1H3/t16-,22?/m1/s1. The highest BCUT2D eigenvalue weighted by Crippen LogP contribution is 2.29. The van der Waals surface area contributed by atoms with Crippen molar-refractivity contribution in [1.29, 1.82) is 0 Å². The van der Waals surface area contributed by atoms with Crippen LogP contribution in [-0.2, 0) is 0 Å². The van der Waals surface area contributed by atoms with E-state index in [-0.39, 0.29) is 23.5 Å². The second kappa shape index (κ2) is 8.35. The first-order chi connectivity index (χ1) is 14.5. The maximum absolute atomic E-state index is 11.8. The van der Waals surface area contributed by atoms with E-state index < -0.39 is 10.9 Å². The van der Waals surface area contributed by atoms with Gasteiger partial charge in [-0.3, -0.25) is 14.9 Å². The van der Waals surface area contributed by atoms with E-state index in [1.54, 1.807) is 0 Å². The van der Waals surface area contributed by atoms with Crippen LogP contribution in [-0.4, -0.2) is 0 Å². The highest BCUT2D eigenvalue weighted by molar-refractivity contribution is 5.76. The molecule has 30 heavy (non-hydrogen) atoms. The van der Waals surface area contributed by atoms with Crippen molar-refractivity contribution < 1.29 is 0 Å². The molecule has 4 aromatic carbocycles. The molecule has 0 saturated heterocycles. The lowest BCUT2D eigenvalue weighted by Crippen LogP contribution is -2.36. The van der Waals surface area contributed by atoms with Crippen LogP contribution in [0.5, 0.6) is 0 Å². The van der Waals surface area contributed by atoms with Crippen molar-refractivity contribution in [2.24, 2.45) is 0 Å². The van der Waals surface area contributed by atoms with E-state index in [1.807, 2.05) is 60.7 Å². The molecule has 0 aromatic heterocycles. The fourth-order valence-electron chi connectivity index (χ4n) is 3.59. The van der Waals surface area contributed by atoms with Crippen molar-refractivity contribution in [3.63, 3.8) is 0 Å². The molecular weight excluding hydrogens is 374 g/mol. The van der Waals surface area contributed by atoms with E-state index in [0.717, 1.165) is 11.1 Å². The normalized spacial score (nSPS) is 13.1. The molecule has 0 aliphatic rings. The number of rotatable bonds is 7. The van der Waals surface area contributed by atoms with Gasteiger partial charge in [0.2, 0.25) is 0 Å². The van der Waals surface area contributed by atoms with Crippen LogP contribution in [0, 0.1) is 0 Å². The Labute approximate surface area is 174 Å². The van der Waals surface area contributed by atoms with Crippen LogP contribution < -0.4 is 27.2 Å². The minimum absolute atomic E-state index is 0.0131. The molecule has 0 saturated carbocycles. The van der Waals surface area contributed by atoms with Crippen molar-refractivity contribution in [2.75, 3.05) is 11.1 Å². The zero-order chi connectivity index (χ0) is 21.1. The Morgan fingerprint density at radius 3 is 1.97 bits per heavy atom. The largest absolute Gasteiger partial charge is 0.394 e. The smallest absolute Gasteiger partial charge is 0.253 e. The molecule has 2 atom stereocenters. The topological polar surface area (TPSA) is 84.2 Å². The predicted molar refractivity (Wildman–Crippen MR) is 122 cm³/mol. The fraction of sp³-hybridized carbons (Fsp3) is 0.120. The molecule has 0 aliphatic heterocycles. The molecule has 4 N–H and O–H groups in total. The number of nitrogen functional groups attached to an aromatic ring is 1. The average molecular weight is 397 g/mol. The number of nitrogens with one attached hydrogen (secondary N) is 2. The minimum Gasteiger partial charge on any atom is -0.394 e. The van der Waals surface area contributed by atoms with E-state index in [0.29, 0.717) is 5.69 Å². The summed E-state index contributed by atoms with van der Waals surface area (Å²) in [4.78, 5) is 23.2. The summed E-state index contributed by atoms with van der Waals surface area (Å²) >= 11 is 0. The number of nitrogens with two attached hydrogens (primary N) is 1. The van der Waals surface area contributed by atoms with Crippen LogP contribution in [0.2, 0.25) is 0 Å². The first-order valence-electron chi connectivity index (χ1n) is 9.86. The molecule has 4 rings (SSSR count). The maximum atomic E-state index is 11.8. The fourth-order valence-corrected chi connectivity index (χ4v) is 3.59. The second-order valence-electron chi connectivity index (χ2n) is 7.34. The van der Waals surface area contributed by atoms with E-state index in [1.165, 1.54) is 5.56 Å². The van der Waals surface area contributed by atoms with Crippen molar-refractivity contribution in [3.8, 4) is 0 Å². The Kier molecular flexibility index (Phi) is 5.46. The Morgan fingerprint density at radius 1 is 0.733 bits per heavy atom. The summed E-state index contributed by atoms with van der Waals surface area (Å²) in [5, 5.41) is 6.71. The molecule has 0 bridgehead atoms. The highest BCUT2D eigenvalue weighted by Gasteiger charge is 2.20. The van der Waals surface area contributed by atoms with Crippen LogP contribution in [0.3, 0.4) is 0 Å². The van der Waals surface area contributed by atoms with E-state index in [4.69, 9.17) is 5.73 Å². The van der Waals surface area contributed by atoms with Gasteiger partial charge in [-0.05, 0) is 35.7 Å². The van der Waals surface area contributed by atoms with Gasteiger partial charge in [-0.15, -0.1) is 0 Å². The Hall–Kier alpha value is -3.70. The molecule has 1 unspecified atom stereocenters. The second-order valence-corrected chi connectivity index (χ2v) is 7.34. The third kappa shape index (κ3) is 3.88. The van der Waals surface area contributed by atoms with Crippen LogP contribution in [0.25, 0.3) is 0 Å². The quantitative estimate of drug-likeness (QED) is 0.410. The van der Waals surface area contributed by atoms with Gasteiger partial charge < -0.3 is 11.1 Å². The lowest BCUT2D eigenvalue weighted by atomic mass is 9.96. The molecule has 0 heterocycles. The van der Waals surface area contributed by atoms with Crippen molar-refractivity contribution >= 4 is 17.1 Å². The third-order valence-corrected chi connectivity index (χ3v) is 5.29. The average Bonchev–Trinajstić information content (AvgIpc) is 2.81. The summed E-state index contributed by atoms with van der Waals surface area (Å²) in [5.74, 6) is 0. The molecular formula is C25H23N3O2. The number of hydrogen-bond acceptors (Lipinski definition) is 5. The van der Waals surface area contributed by atoms with Gasteiger partial charge in [-0.2, -0.15) is 0 Å².